The van der Waals surface area contributed by atoms with Crippen LogP contribution < -0.4 is 0 Å². The Kier molecular flexibility index (Phi) is 3.50. The van der Waals surface area contributed by atoms with Crippen LogP contribution in [0.3, 0.4) is 0 Å². The fraction of sp³-hybridized carbons (Fsp3) is 0.231. The summed E-state index contributed by atoms with van der Waals surface area (Å²) in [6.07, 6.45) is 0. The number of hydroxylamine groups is 2. The first-order valence-corrected chi connectivity index (χ1v) is 5.80. The van der Waals surface area contributed by atoms with Crippen LogP contribution >= 0.6 is 11.6 Å². The molecule has 0 spiro atoms. The maximum absolute atomic E-state index is 12.0. The molecule has 18 heavy (non-hydrogen) atoms. The van der Waals surface area contributed by atoms with E-state index in [1.165, 1.54) is 12.2 Å². The number of aromatic nitrogens is 1. The first-order valence-electron chi connectivity index (χ1n) is 5.42. The summed E-state index contributed by atoms with van der Waals surface area (Å²) < 4.78 is 0. The molecular formula is C13H13ClN2O2. The third-order valence-corrected chi connectivity index (χ3v) is 3.00. The van der Waals surface area contributed by atoms with Crippen LogP contribution in [0.4, 0.5) is 0 Å². The van der Waals surface area contributed by atoms with Crippen LogP contribution in [-0.4, -0.2) is 30.1 Å². The molecular weight excluding hydrogens is 252 g/mol. The van der Waals surface area contributed by atoms with Crippen LogP contribution in [-0.2, 0) is 4.84 Å². The van der Waals surface area contributed by atoms with E-state index in [1.807, 2.05) is 6.07 Å². The molecule has 0 saturated carbocycles. The molecule has 0 aliphatic rings. The quantitative estimate of drug-likeness (QED) is 0.784. The van der Waals surface area contributed by atoms with Gasteiger partial charge in [-0.3, -0.25) is 14.6 Å². The largest absolute Gasteiger partial charge is 0.279 e. The molecule has 1 heterocycles. The van der Waals surface area contributed by atoms with E-state index in [-0.39, 0.29) is 5.91 Å². The third-order valence-electron chi connectivity index (χ3n) is 2.76. The summed E-state index contributed by atoms with van der Waals surface area (Å²) in [5, 5.41) is 2.67. The van der Waals surface area contributed by atoms with E-state index in [9.17, 15) is 4.79 Å². The Bertz CT molecular complexity index is 613. The predicted octanol–water partition coefficient (Wildman–Crippen LogP) is 2.83. The van der Waals surface area contributed by atoms with Crippen molar-refractivity contribution < 1.29 is 9.63 Å². The van der Waals surface area contributed by atoms with Gasteiger partial charge in [0.15, 0.2) is 0 Å². The average molecular weight is 265 g/mol. The summed E-state index contributed by atoms with van der Waals surface area (Å²) in [5.41, 5.74) is 1.95. The van der Waals surface area contributed by atoms with Crippen molar-refractivity contribution in [1.82, 2.24) is 10.0 Å². The predicted molar refractivity (Wildman–Crippen MR) is 70.6 cm³/mol. The number of nitrogens with zero attached hydrogens (tertiary/aromatic N) is 2. The van der Waals surface area contributed by atoms with Crippen LogP contribution in [0.15, 0.2) is 24.3 Å². The van der Waals surface area contributed by atoms with Gasteiger partial charge in [0.05, 0.1) is 23.9 Å². The van der Waals surface area contributed by atoms with Crippen LogP contribution in [0.2, 0.25) is 5.02 Å². The highest BCUT2D eigenvalue weighted by Gasteiger charge is 2.15. The Morgan fingerprint density at radius 3 is 2.78 bits per heavy atom. The maximum atomic E-state index is 12.0. The van der Waals surface area contributed by atoms with Crippen molar-refractivity contribution in [2.75, 3.05) is 14.2 Å². The lowest BCUT2D eigenvalue weighted by Gasteiger charge is -2.15. The first kappa shape index (κ1) is 12.8. The average Bonchev–Trinajstić information content (AvgIpc) is 2.36. The van der Waals surface area contributed by atoms with Crippen LogP contribution in [0, 0.1) is 6.92 Å². The third kappa shape index (κ3) is 2.30. The van der Waals surface area contributed by atoms with Crippen LogP contribution in [0.25, 0.3) is 10.9 Å². The zero-order chi connectivity index (χ0) is 13.3. The molecule has 1 aromatic heterocycles. The van der Waals surface area contributed by atoms with Crippen LogP contribution in [0.5, 0.6) is 0 Å². The smallest absolute Gasteiger partial charge is 0.274 e. The van der Waals surface area contributed by atoms with Gasteiger partial charge in [-0.1, -0.05) is 17.7 Å². The topological polar surface area (TPSA) is 42.4 Å². The number of carbonyl (C=O) groups is 1. The number of halogens is 1. The second-order valence-electron chi connectivity index (χ2n) is 3.94. The number of pyridine rings is 1. The minimum Gasteiger partial charge on any atom is -0.274 e. The lowest BCUT2D eigenvalue weighted by atomic mass is 10.1. The van der Waals surface area contributed by atoms with Crippen LogP contribution in [0.1, 0.15) is 16.1 Å². The summed E-state index contributed by atoms with van der Waals surface area (Å²) in [5.74, 6) is -0.223. The lowest BCUT2D eigenvalue weighted by Crippen LogP contribution is -2.26. The van der Waals surface area contributed by atoms with Gasteiger partial charge in [0, 0.05) is 17.5 Å². The van der Waals surface area contributed by atoms with Gasteiger partial charge in [-0.2, -0.15) is 0 Å². The van der Waals surface area contributed by atoms with Crippen molar-refractivity contribution in [3.05, 3.63) is 40.5 Å². The number of aryl methyl sites for hydroxylation is 1. The zero-order valence-corrected chi connectivity index (χ0v) is 11.2. The molecule has 2 rings (SSSR count). The summed E-state index contributed by atoms with van der Waals surface area (Å²) in [6, 6.07) is 7.19. The van der Waals surface area contributed by atoms with E-state index in [4.69, 9.17) is 16.4 Å². The summed E-state index contributed by atoms with van der Waals surface area (Å²) in [6.45, 7) is 1.79. The number of amides is 1. The van der Waals surface area contributed by atoms with Gasteiger partial charge < -0.3 is 0 Å². The Labute approximate surface area is 110 Å². The number of benzene rings is 1. The van der Waals surface area contributed by atoms with Crippen molar-refractivity contribution in [3.63, 3.8) is 0 Å². The van der Waals surface area contributed by atoms with Gasteiger partial charge in [0.25, 0.3) is 5.91 Å². The second-order valence-corrected chi connectivity index (χ2v) is 4.38. The highest BCUT2D eigenvalue weighted by molar-refractivity contribution is 6.31. The van der Waals surface area contributed by atoms with Gasteiger partial charge in [-0.15, -0.1) is 0 Å². The summed E-state index contributed by atoms with van der Waals surface area (Å²) in [4.78, 5) is 21.3. The van der Waals surface area contributed by atoms with Gasteiger partial charge in [0.1, 0.15) is 0 Å². The minimum absolute atomic E-state index is 0.223. The SMILES string of the molecule is CON(C)C(=O)c1cc2ccc(Cl)cc2nc1C. The molecule has 0 fully saturated rings. The molecule has 5 heteroatoms. The molecule has 0 unspecified atom stereocenters. The Balaban J connectivity index is 2.56. The van der Waals surface area contributed by atoms with Crippen molar-refractivity contribution in [2.24, 2.45) is 0 Å². The Morgan fingerprint density at radius 2 is 2.11 bits per heavy atom. The molecule has 0 N–H and O–H groups in total. The number of carbonyl (C=O) groups excluding carboxylic acids is 1. The van der Waals surface area contributed by atoms with Crippen molar-refractivity contribution in [3.8, 4) is 0 Å². The molecule has 0 aliphatic carbocycles. The molecule has 0 bridgehead atoms. The van der Waals surface area contributed by atoms with Gasteiger partial charge in [0.2, 0.25) is 0 Å². The Morgan fingerprint density at radius 1 is 1.39 bits per heavy atom. The van der Waals surface area contributed by atoms with E-state index in [1.54, 1.807) is 32.2 Å². The van der Waals surface area contributed by atoms with Gasteiger partial charge in [-0.05, 0) is 25.1 Å². The minimum atomic E-state index is -0.223. The normalized spacial score (nSPS) is 10.7. The molecule has 1 aromatic carbocycles. The lowest BCUT2D eigenvalue weighted by molar-refractivity contribution is -0.0757. The van der Waals surface area contributed by atoms with Crippen molar-refractivity contribution in [2.45, 2.75) is 6.92 Å². The molecule has 0 atom stereocenters. The number of hydrogen-bond donors (Lipinski definition) is 0. The highest BCUT2D eigenvalue weighted by atomic mass is 35.5. The molecule has 2 aromatic rings. The maximum Gasteiger partial charge on any atom is 0.279 e. The molecule has 0 radical (unpaired) electrons. The van der Waals surface area contributed by atoms with E-state index in [0.29, 0.717) is 16.3 Å². The number of fused-ring (bicyclic) bond motifs is 1. The number of rotatable bonds is 2. The molecule has 4 nitrogen and oxygen atoms in total. The first-order chi connectivity index (χ1) is 8.52. The van der Waals surface area contributed by atoms with E-state index < -0.39 is 0 Å². The van der Waals surface area contributed by atoms with Gasteiger partial charge >= 0.3 is 0 Å². The highest BCUT2D eigenvalue weighted by Crippen LogP contribution is 2.21. The zero-order valence-electron chi connectivity index (χ0n) is 10.4. The van der Waals surface area contributed by atoms with Crippen molar-refractivity contribution in [1.29, 1.82) is 0 Å². The standard InChI is InChI=1S/C13H13ClN2O2/c1-8-11(13(17)16(2)18-3)6-9-4-5-10(14)7-12(9)15-8/h4-7H,1-3H3. The fourth-order valence-electron chi connectivity index (χ4n) is 1.71. The monoisotopic (exact) mass is 264 g/mol. The van der Waals surface area contributed by atoms with E-state index in [2.05, 4.69) is 4.98 Å². The second kappa shape index (κ2) is 4.92. The van der Waals surface area contributed by atoms with E-state index in [0.717, 1.165) is 10.9 Å². The van der Waals surface area contributed by atoms with Crippen molar-refractivity contribution >= 4 is 28.4 Å². The Hall–Kier alpha value is -1.65. The molecule has 0 aliphatic heterocycles. The molecule has 0 saturated heterocycles. The summed E-state index contributed by atoms with van der Waals surface area (Å²) in [7, 11) is 3.01. The molecule has 1 amide bonds. The van der Waals surface area contributed by atoms with E-state index >= 15 is 0 Å². The van der Waals surface area contributed by atoms with Gasteiger partial charge in [-0.25, -0.2) is 5.06 Å². The molecule has 94 valence electrons. The number of hydrogen-bond acceptors (Lipinski definition) is 3. The summed E-state index contributed by atoms with van der Waals surface area (Å²) >= 11 is 5.91. The fourth-order valence-corrected chi connectivity index (χ4v) is 1.87.